The number of nitrogens with one attached hydrogen (secondary N) is 1. The number of nitrogens with two attached hydrogens (primary N) is 1. The monoisotopic (exact) mass is 352 g/mol. The van der Waals surface area contributed by atoms with Crippen LogP contribution >= 0.6 is 11.6 Å². The van der Waals surface area contributed by atoms with E-state index in [0.717, 1.165) is 0 Å². The standard InChI is InChI=1S/C13H13ClN6O2S/c1-20-12-9(7-17-20)11(18-13(14)19-12)16-6-8-4-2-3-5-10(8)23(15,21)22/h2-5,7H,6H2,1H3,(H2,15,21,22)(H,16,18,19). The summed E-state index contributed by atoms with van der Waals surface area (Å²) in [4.78, 5) is 8.30. The summed E-state index contributed by atoms with van der Waals surface area (Å²) in [5.41, 5.74) is 1.11. The summed E-state index contributed by atoms with van der Waals surface area (Å²) in [5.74, 6) is 0.470. The van der Waals surface area contributed by atoms with Crippen LogP contribution in [0.5, 0.6) is 0 Å². The van der Waals surface area contributed by atoms with Gasteiger partial charge < -0.3 is 5.32 Å². The molecule has 10 heteroatoms. The lowest BCUT2D eigenvalue weighted by Gasteiger charge is -2.10. The number of aromatic nitrogens is 4. The van der Waals surface area contributed by atoms with Crippen LogP contribution in [0.3, 0.4) is 0 Å². The van der Waals surface area contributed by atoms with Crippen molar-refractivity contribution >= 4 is 38.5 Å². The van der Waals surface area contributed by atoms with Gasteiger partial charge in [-0.1, -0.05) is 18.2 Å². The molecule has 23 heavy (non-hydrogen) atoms. The van der Waals surface area contributed by atoms with Crippen LogP contribution in [0.15, 0.2) is 35.4 Å². The molecule has 8 nitrogen and oxygen atoms in total. The number of primary sulfonamides is 1. The van der Waals surface area contributed by atoms with E-state index in [9.17, 15) is 8.42 Å². The topological polar surface area (TPSA) is 116 Å². The number of aryl methyl sites for hydroxylation is 1. The van der Waals surface area contributed by atoms with Crippen molar-refractivity contribution in [1.29, 1.82) is 0 Å². The molecule has 1 aromatic carbocycles. The Hall–Kier alpha value is -2.23. The second-order valence-corrected chi connectivity index (χ2v) is 6.72. The van der Waals surface area contributed by atoms with Gasteiger partial charge in [-0.2, -0.15) is 15.1 Å². The van der Waals surface area contributed by atoms with E-state index in [1.807, 2.05) is 0 Å². The third-order valence-corrected chi connectivity index (χ3v) is 4.47. The van der Waals surface area contributed by atoms with Crippen molar-refractivity contribution in [3.63, 3.8) is 0 Å². The lowest BCUT2D eigenvalue weighted by Crippen LogP contribution is -2.16. The third-order valence-electron chi connectivity index (χ3n) is 3.29. The van der Waals surface area contributed by atoms with Crippen molar-refractivity contribution in [2.75, 3.05) is 5.32 Å². The number of nitrogens with zero attached hydrogens (tertiary/aromatic N) is 4. The maximum atomic E-state index is 11.6. The van der Waals surface area contributed by atoms with Gasteiger partial charge in [0.1, 0.15) is 5.82 Å². The smallest absolute Gasteiger partial charge is 0.238 e. The Kier molecular flexibility index (Phi) is 3.92. The molecular formula is C13H13ClN6O2S. The Morgan fingerprint density at radius 3 is 2.78 bits per heavy atom. The van der Waals surface area contributed by atoms with Crippen LogP contribution in [-0.2, 0) is 23.6 Å². The highest BCUT2D eigenvalue weighted by Crippen LogP contribution is 2.23. The molecule has 0 aliphatic heterocycles. The van der Waals surface area contributed by atoms with E-state index in [0.29, 0.717) is 22.4 Å². The van der Waals surface area contributed by atoms with E-state index < -0.39 is 10.0 Å². The lowest BCUT2D eigenvalue weighted by atomic mass is 10.2. The molecule has 0 bridgehead atoms. The van der Waals surface area contributed by atoms with E-state index in [2.05, 4.69) is 20.4 Å². The normalized spacial score (nSPS) is 11.8. The number of hydrogen-bond acceptors (Lipinski definition) is 6. The molecule has 0 saturated carbocycles. The third kappa shape index (κ3) is 3.11. The lowest BCUT2D eigenvalue weighted by molar-refractivity contribution is 0.597. The van der Waals surface area contributed by atoms with Gasteiger partial charge in [-0.15, -0.1) is 0 Å². The molecule has 0 radical (unpaired) electrons. The van der Waals surface area contributed by atoms with Gasteiger partial charge in [-0.3, -0.25) is 4.68 Å². The largest absolute Gasteiger partial charge is 0.365 e. The van der Waals surface area contributed by atoms with Gasteiger partial charge in [0, 0.05) is 13.6 Å². The molecule has 0 unspecified atom stereocenters. The molecule has 2 heterocycles. The van der Waals surface area contributed by atoms with Crippen LogP contribution in [0.1, 0.15) is 5.56 Å². The van der Waals surface area contributed by atoms with E-state index in [1.54, 1.807) is 36.1 Å². The fraction of sp³-hybridized carbons (Fsp3) is 0.154. The fourth-order valence-corrected chi connectivity index (χ4v) is 3.18. The second-order valence-electron chi connectivity index (χ2n) is 4.85. The van der Waals surface area contributed by atoms with Gasteiger partial charge >= 0.3 is 0 Å². The Labute approximate surface area is 137 Å². The van der Waals surface area contributed by atoms with Crippen molar-refractivity contribution in [3.8, 4) is 0 Å². The minimum Gasteiger partial charge on any atom is -0.365 e. The second kappa shape index (κ2) is 5.76. The highest BCUT2D eigenvalue weighted by atomic mass is 35.5. The number of rotatable bonds is 4. The van der Waals surface area contributed by atoms with Crippen molar-refractivity contribution < 1.29 is 8.42 Å². The Morgan fingerprint density at radius 1 is 1.30 bits per heavy atom. The molecule has 0 fully saturated rings. The van der Waals surface area contributed by atoms with Gasteiger partial charge in [0.2, 0.25) is 15.3 Å². The maximum Gasteiger partial charge on any atom is 0.238 e. The number of hydrogen-bond donors (Lipinski definition) is 2. The van der Waals surface area contributed by atoms with Gasteiger partial charge in [-0.05, 0) is 23.2 Å². The summed E-state index contributed by atoms with van der Waals surface area (Å²) >= 11 is 5.92. The molecule has 0 atom stereocenters. The Balaban J connectivity index is 1.96. The van der Waals surface area contributed by atoms with Crippen molar-refractivity contribution in [3.05, 3.63) is 41.3 Å². The summed E-state index contributed by atoms with van der Waals surface area (Å²) < 4.78 is 24.8. The molecule has 2 aromatic heterocycles. The number of sulfonamides is 1. The average molecular weight is 353 g/mol. The zero-order valence-corrected chi connectivity index (χ0v) is 13.6. The molecule has 3 aromatic rings. The van der Waals surface area contributed by atoms with E-state index in [-0.39, 0.29) is 16.7 Å². The van der Waals surface area contributed by atoms with Gasteiger partial charge in [0.25, 0.3) is 0 Å². The molecule has 120 valence electrons. The maximum absolute atomic E-state index is 11.6. The number of halogens is 1. The van der Waals surface area contributed by atoms with Crippen LogP contribution in [0.25, 0.3) is 11.0 Å². The van der Waals surface area contributed by atoms with Crippen molar-refractivity contribution in [1.82, 2.24) is 19.7 Å². The van der Waals surface area contributed by atoms with Gasteiger partial charge in [0.05, 0.1) is 16.5 Å². The summed E-state index contributed by atoms with van der Waals surface area (Å²) in [6.07, 6.45) is 1.61. The minimum absolute atomic E-state index is 0.0649. The number of benzene rings is 1. The predicted octanol–water partition coefficient (Wildman–Crippen LogP) is 1.28. The van der Waals surface area contributed by atoms with E-state index in [4.69, 9.17) is 16.7 Å². The minimum atomic E-state index is -3.80. The molecule has 3 rings (SSSR count). The first kappa shape index (κ1) is 15.7. The van der Waals surface area contributed by atoms with E-state index in [1.165, 1.54) is 6.07 Å². The average Bonchev–Trinajstić information content (AvgIpc) is 2.86. The first-order valence-corrected chi connectivity index (χ1v) is 8.48. The first-order chi connectivity index (χ1) is 10.9. The van der Waals surface area contributed by atoms with Crippen LogP contribution in [-0.4, -0.2) is 28.2 Å². The van der Waals surface area contributed by atoms with E-state index >= 15 is 0 Å². The first-order valence-electron chi connectivity index (χ1n) is 6.56. The number of fused-ring (bicyclic) bond motifs is 1. The molecule has 0 amide bonds. The summed E-state index contributed by atoms with van der Waals surface area (Å²) in [6.45, 7) is 0.212. The molecule has 0 aliphatic rings. The summed E-state index contributed by atoms with van der Waals surface area (Å²) in [7, 11) is -2.06. The van der Waals surface area contributed by atoms with Crippen LogP contribution in [0.2, 0.25) is 5.28 Å². The highest BCUT2D eigenvalue weighted by molar-refractivity contribution is 7.89. The molecule has 0 aliphatic carbocycles. The zero-order chi connectivity index (χ0) is 16.6. The fourth-order valence-electron chi connectivity index (χ4n) is 2.24. The molecule has 0 spiro atoms. The summed E-state index contributed by atoms with van der Waals surface area (Å²) in [5, 5.41) is 13.2. The van der Waals surface area contributed by atoms with Gasteiger partial charge in [-0.25, -0.2) is 13.6 Å². The predicted molar refractivity (Wildman–Crippen MR) is 86.5 cm³/mol. The van der Waals surface area contributed by atoms with Crippen LogP contribution in [0, 0.1) is 0 Å². The molecular weight excluding hydrogens is 340 g/mol. The Morgan fingerprint density at radius 2 is 2.04 bits per heavy atom. The number of anilines is 1. The summed E-state index contributed by atoms with van der Waals surface area (Å²) in [6, 6.07) is 6.48. The van der Waals surface area contributed by atoms with Crippen LogP contribution in [0.4, 0.5) is 5.82 Å². The Bertz CT molecular complexity index is 985. The molecule has 3 N–H and O–H groups in total. The van der Waals surface area contributed by atoms with Crippen molar-refractivity contribution in [2.45, 2.75) is 11.4 Å². The zero-order valence-electron chi connectivity index (χ0n) is 12.1. The highest BCUT2D eigenvalue weighted by Gasteiger charge is 2.15. The van der Waals surface area contributed by atoms with Gasteiger partial charge in [0.15, 0.2) is 5.65 Å². The SMILES string of the molecule is Cn1ncc2c(NCc3ccccc3S(N)(=O)=O)nc(Cl)nc21. The van der Waals surface area contributed by atoms with Crippen LogP contribution < -0.4 is 10.5 Å². The van der Waals surface area contributed by atoms with Crippen molar-refractivity contribution in [2.24, 2.45) is 12.2 Å². The molecule has 0 saturated heterocycles. The quantitative estimate of drug-likeness (QED) is 0.683.